The van der Waals surface area contributed by atoms with Gasteiger partial charge in [0.05, 0.1) is 5.69 Å². The molecule has 5 heteroatoms. The number of hydrogen-bond acceptors (Lipinski definition) is 3. The van der Waals surface area contributed by atoms with E-state index in [0.29, 0.717) is 16.8 Å². The fourth-order valence-corrected chi connectivity index (χ4v) is 1.95. The van der Waals surface area contributed by atoms with Crippen LogP contribution in [0.25, 0.3) is 11.0 Å². The normalized spacial score (nSPS) is 10.6. The molecule has 94 valence electrons. The fraction of sp³-hybridized carbons (Fsp3) is 0.0714. The van der Waals surface area contributed by atoms with Gasteiger partial charge in [0.1, 0.15) is 11.0 Å². The highest BCUT2D eigenvalue weighted by Gasteiger charge is 2.10. The maximum Gasteiger partial charge on any atom is 0.255 e. The Hall–Kier alpha value is -2.69. The number of carbonyl (C=O) groups excluding carboxylic acids is 1. The van der Waals surface area contributed by atoms with Crippen LogP contribution in [0.15, 0.2) is 42.5 Å². The fourth-order valence-electron chi connectivity index (χ4n) is 1.95. The van der Waals surface area contributed by atoms with Crippen LogP contribution in [0.2, 0.25) is 0 Å². The quantitative estimate of drug-likeness (QED) is 0.736. The largest absolute Gasteiger partial charge is 0.320 e. The minimum Gasteiger partial charge on any atom is -0.320 e. The Bertz CT molecular complexity index is 748. The van der Waals surface area contributed by atoms with Crippen LogP contribution in [0.3, 0.4) is 0 Å². The highest BCUT2D eigenvalue weighted by Crippen LogP contribution is 2.19. The lowest BCUT2D eigenvalue weighted by molar-refractivity contribution is 0.102. The molecule has 0 atom stereocenters. The maximum absolute atomic E-state index is 12.2. The summed E-state index contributed by atoms with van der Waals surface area (Å²) in [5.74, 6) is -0.154. The minimum absolute atomic E-state index is 0.154. The summed E-state index contributed by atoms with van der Waals surface area (Å²) in [6, 6.07) is 12.9. The molecule has 0 saturated heterocycles. The standard InChI is InChI=1S/C14H12N4O/c1-9-4-2-5-10(8-9)14(19)15-11-6-3-7-12-13(11)17-18-16-12/h2-8H,1H3,(H,15,19)(H,16,17,18). The van der Waals surface area contributed by atoms with Crippen LogP contribution in [0.1, 0.15) is 15.9 Å². The van der Waals surface area contributed by atoms with E-state index in [9.17, 15) is 4.79 Å². The van der Waals surface area contributed by atoms with Crippen molar-refractivity contribution in [3.8, 4) is 0 Å². The number of benzene rings is 2. The van der Waals surface area contributed by atoms with E-state index in [1.165, 1.54) is 0 Å². The number of aromatic nitrogens is 3. The van der Waals surface area contributed by atoms with Crippen molar-refractivity contribution in [3.63, 3.8) is 0 Å². The summed E-state index contributed by atoms with van der Waals surface area (Å²) in [6.45, 7) is 1.95. The van der Waals surface area contributed by atoms with Gasteiger partial charge in [0.2, 0.25) is 0 Å². The second-order valence-corrected chi connectivity index (χ2v) is 4.32. The van der Waals surface area contributed by atoms with Gasteiger partial charge in [-0.25, -0.2) is 0 Å². The van der Waals surface area contributed by atoms with E-state index in [1.54, 1.807) is 12.1 Å². The van der Waals surface area contributed by atoms with Crippen molar-refractivity contribution in [2.24, 2.45) is 0 Å². The molecule has 0 aliphatic heterocycles. The molecule has 1 aromatic heterocycles. The third-order valence-corrected chi connectivity index (χ3v) is 2.88. The Morgan fingerprint density at radius 1 is 1.16 bits per heavy atom. The molecule has 1 heterocycles. The number of nitrogens with zero attached hydrogens (tertiary/aromatic N) is 2. The molecule has 5 nitrogen and oxygen atoms in total. The van der Waals surface area contributed by atoms with Crippen molar-refractivity contribution >= 4 is 22.6 Å². The van der Waals surface area contributed by atoms with Crippen LogP contribution in [0.5, 0.6) is 0 Å². The number of fused-ring (bicyclic) bond motifs is 1. The van der Waals surface area contributed by atoms with Crippen molar-refractivity contribution in [1.82, 2.24) is 15.4 Å². The van der Waals surface area contributed by atoms with Gasteiger partial charge in [-0.05, 0) is 31.2 Å². The second kappa shape index (κ2) is 4.53. The SMILES string of the molecule is Cc1cccc(C(=O)Nc2cccc3n[nH]nc23)c1. The van der Waals surface area contributed by atoms with Crippen molar-refractivity contribution in [1.29, 1.82) is 0 Å². The molecule has 1 amide bonds. The predicted molar refractivity (Wildman–Crippen MR) is 73.0 cm³/mol. The molecule has 0 saturated carbocycles. The van der Waals surface area contributed by atoms with Crippen LogP contribution in [-0.2, 0) is 0 Å². The maximum atomic E-state index is 12.2. The number of aromatic amines is 1. The number of aryl methyl sites for hydroxylation is 1. The highest BCUT2D eigenvalue weighted by atomic mass is 16.1. The van der Waals surface area contributed by atoms with Gasteiger partial charge < -0.3 is 5.32 Å². The van der Waals surface area contributed by atoms with E-state index >= 15 is 0 Å². The highest BCUT2D eigenvalue weighted by molar-refractivity contribution is 6.07. The van der Waals surface area contributed by atoms with E-state index in [4.69, 9.17) is 0 Å². The monoisotopic (exact) mass is 252 g/mol. The second-order valence-electron chi connectivity index (χ2n) is 4.32. The van der Waals surface area contributed by atoms with Gasteiger partial charge in [0, 0.05) is 5.56 Å². The lowest BCUT2D eigenvalue weighted by Crippen LogP contribution is -2.12. The molecule has 2 aromatic carbocycles. The van der Waals surface area contributed by atoms with Gasteiger partial charge in [0.15, 0.2) is 0 Å². The number of nitrogens with one attached hydrogen (secondary N) is 2. The molecule has 0 unspecified atom stereocenters. The number of para-hydroxylation sites is 1. The Labute approximate surface area is 109 Å². The molecule has 0 aliphatic rings. The molecule has 19 heavy (non-hydrogen) atoms. The molecule has 0 bridgehead atoms. The van der Waals surface area contributed by atoms with Gasteiger partial charge in [-0.1, -0.05) is 23.8 Å². The zero-order valence-electron chi connectivity index (χ0n) is 10.3. The zero-order chi connectivity index (χ0) is 13.2. The number of carbonyl (C=O) groups is 1. The number of amides is 1. The van der Waals surface area contributed by atoms with Gasteiger partial charge in [0.25, 0.3) is 5.91 Å². The Morgan fingerprint density at radius 2 is 2.00 bits per heavy atom. The lowest BCUT2D eigenvalue weighted by Gasteiger charge is -2.06. The number of H-pyrrole nitrogens is 1. The number of rotatable bonds is 2. The first-order valence-corrected chi connectivity index (χ1v) is 5.91. The van der Waals surface area contributed by atoms with E-state index in [2.05, 4.69) is 20.7 Å². The molecule has 0 spiro atoms. The molecule has 3 aromatic rings. The first kappa shape index (κ1) is 11.4. The van der Waals surface area contributed by atoms with E-state index < -0.39 is 0 Å². The number of hydrogen-bond donors (Lipinski definition) is 2. The van der Waals surface area contributed by atoms with Gasteiger partial charge in [-0.2, -0.15) is 15.4 Å². The van der Waals surface area contributed by atoms with Gasteiger partial charge >= 0.3 is 0 Å². The summed E-state index contributed by atoms with van der Waals surface area (Å²) in [5, 5.41) is 13.4. The molecule has 0 aliphatic carbocycles. The van der Waals surface area contributed by atoms with E-state index in [-0.39, 0.29) is 5.91 Å². The molecular weight excluding hydrogens is 240 g/mol. The topological polar surface area (TPSA) is 70.7 Å². The summed E-state index contributed by atoms with van der Waals surface area (Å²) in [6.07, 6.45) is 0. The summed E-state index contributed by atoms with van der Waals surface area (Å²) in [7, 11) is 0. The number of anilines is 1. The summed E-state index contributed by atoms with van der Waals surface area (Å²) in [5.41, 5.74) is 3.70. The lowest BCUT2D eigenvalue weighted by atomic mass is 10.1. The Kier molecular flexibility index (Phi) is 2.72. The molecule has 3 rings (SSSR count). The van der Waals surface area contributed by atoms with Crippen LogP contribution >= 0.6 is 0 Å². The average molecular weight is 252 g/mol. The van der Waals surface area contributed by atoms with Gasteiger partial charge in [-0.15, -0.1) is 0 Å². The molecule has 0 fully saturated rings. The van der Waals surface area contributed by atoms with Crippen LogP contribution < -0.4 is 5.32 Å². The van der Waals surface area contributed by atoms with Crippen molar-refractivity contribution < 1.29 is 4.79 Å². The summed E-state index contributed by atoms with van der Waals surface area (Å²) in [4.78, 5) is 12.2. The Morgan fingerprint density at radius 3 is 2.84 bits per heavy atom. The molecular formula is C14H12N4O. The smallest absolute Gasteiger partial charge is 0.255 e. The Balaban J connectivity index is 1.93. The third kappa shape index (κ3) is 2.18. The average Bonchev–Trinajstić information content (AvgIpc) is 2.88. The minimum atomic E-state index is -0.154. The summed E-state index contributed by atoms with van der Waals surface area (Å²) >= 11 is 0. The third-order valence-electron chi connectivity index (χ3n) is 2.88. The van der Waals surface area contributed by atoms with E-state index in [0.717, 1.165) is 11.1 Å². The first-order valence-electron chi connectivity index (χ1n) is 5.91. The van der Waals surface area contributed by atoms with Crippen molar-refractivity contribution in [3.05, 3.63) is 53.6 Å². The van der Waals surface area contributed by atoms with Crippen LogP contribution in [0, 0.1) is 6.92 Å². The van der Waals surface area contributed by atoms with Gasteiger partial charge in [-0.3, -0.25) is 4.79 Å². The molecule has 0 radical (unpaired) electrons. The first-order chi connectivity index (χ1) is 9.24. The van der Waals surface area contributed by atoms with Crippen LogP contribution in [0.4, 0.5) is 5.69 Å². The zero-order valence-corrected chi connectivity index (χ0v) is 10.3. The van der Waals surface area contributed by atoms with Crippen LogP contribution in [-0.4, -0.2) is 21.3 Å². The summed E-state index contributed by atoms with van der Waals surface area (Å²) < 4.78 is 0. The van der Waals surface area contributed by atoms with E-state index in [1.807, 2.05) is 37.3 Å². The predicted octanol–water partition coefficient (Wildman–Crippen LogP) is 2.52. The van der Waals surface area contributed by atoms with Crippen molar-refractivity contribution in [2.45, 2.75) is 6.92 Å². The molecule has 2 N–H and O–H groups in total. The van der Waals surface area contributed by atoms with Crippen molar-refractivity contribution in [2.75, 3.05) is 5.32 Å².